The van der Waals surface area contributed by atoms with Gasteiger partial charge in [0.25, 0.3) is 0 Å². The van der Waals surface area contributed by atoms with Crippen LogP contribution in [0.4, 0.5) is 0 Å². The molecule has 1 saturated heterocycles. The van der Waals surface area contributed by atoms with E-state index in [0.29, 0.717) is 0 Å². The highest BCUT2D eigenvalue weighted by Crippen LogP contribution is 2.16. The summed E-state index contributed by atoms with van der Waals surface area (Å²) >= 11 is 0. The van der Waals surface area contributed by atoms with Crippen LogP contribution in [-0.4, -0.2) is 47.4 Å². The van der Waals surface area contributed by atoms with Gasteiger partial charge in [-0.3, -0.25) is 9.69 Å². The molecule has 1 heterocycles. The van der Waals surface area contributed by atoms with Crippen LogP contribution >= 0.6 is 0 Å². The molecule has 1 rings (SSSR count). The zero-order valence-corrected chi connectivity index (χ0v) is 11.2. The van der Waals surface area contributed by atoms with Crippen molar-refractivity contribution in [1.29, 1.82) is 0 Å². The van der Waals surface area contributed by atoms with Gasteiger partial charge in [-0.25, -0.2) is 0 Å². The van der Waals surface area contributed by atoms with Gasteiger partial charge in [0.05, 0.1) is 0 Å². The lowest BCUT2D eigenvalue weighted by molar-refractivity contribution is -0.129. The Morgan fingerprint density at radius 3 is 2.00 bits per heavy atom. The monoisotopic (exact) mass is 224 g/mol. The van der Waals surface area contributed by atoms with Gasteiger partial charge in [-0.05, 0) is 34.6 Å². The third-order valence-corrected chi connectivity index (χ3v) is 3.29. The predicted molar refractivity (Wildman–Crippen MR) is 67.3 cm³/mol. The minimum Gasteiger partial charge on any atom is -0.336 e. The van der Waals surface area contributed by atoms with Crippen LogP contribution < -0.4 is 0 Å². The molecule has 92 valence electrons. The van der Waals surface area contributed by atoms with E-state index in [4.69, 9.17) is 0 Å². The van der Waals surface area contributed by atoms with E-state index in [9.17, 15) is 4.79 Å². The molecule has 1 fully saturated rings. The van der Waals surface area contributed by atoms with Crippen LogP contribution in [0.2, 0.25) is 0 Å². The van der Waals surface area contributed by atoms with E-state index < -0.39 is 0 Å². The van der Waals surface area contributed by atoms with Gasteiger partial charge in [0, 0.05) is 37.3 Å². The quantitative estimate of drug-likeness (QED) is 0.635. The van der Waals surface area contributed by atoms with Gasteiger partial charge in [0.2, 0.25) is 5.91 Å². The first-order valence-electron chi connectivity index (χ1n) is 6.03. The highest BCUT2D eigenvalue weighted by Gasteiger charge is 2.27. The van der Waals surface area contributed by atoms with E-state index in [1.807, 2.05) is 24.8 Å². The molecule has 0 aromatic carbocycles. The minimum atomic E-state index is 0.191. The highest BCUT2D eigenvalue weighted by molar-refractivity contribution is 5.92. The predicted octanol–water partition coefficient (Wildman–Crippen LogP) is 1.90. The second-order valence-corrected chi connectivity index (χ2v) is 5.42. The molecule has 0 N–H and O–H groups in total. The number of allylic oxidation sites excluding steroid dienone is 1. The molecule has 0 aromatic rings. The lowest BCUT2D eigenvalue weighted by atomic mass is 10.0. The fraction of sp³-hybridized carbons (Fsp3) is 0.769. The van der Waals surface area contributed by atoms with Crippen LogP contribution in [0.15, 0.2) is 11.6 Å². The molecule has 1 aliphatic rings. The Balaban J connectivity index is 2.53. The second kappa shape index (κ2) is 5.00. The Bertz CT molecular complexity index is 281. The number of amides is 1. The number of carbonyl (C=O) groups is 1. The third-order valence-electron chi connectivity index (χ3n) is 3.29. The van der Waals surface area contributed by atoms with E-state index in [1.54, 1.807) is 0 Å². The maximum absolute atomic E-state index is 11.9. The number of hydrogen-bond donors (Lipinski definition) is 0. The zero-order valence-electron chi connectivity index (χ0n) is 11.2. The Morgan fingerprint density at radius 1 is 1.12 bits per heavy atom. The van der Waals surface area contributed by atoms with Gasteiger partial charge in [-0.1, -0.05) is 6.08 Å². The second-order valence-electron chi connectivity index (χ2n) is 5.42. The number of rotatable bonds is 1. The normalized spacial score (nSPS) is 20.1. The molecule has 0 aromatic heterocycles. The maximum atomic E-state index is 11.9. The number of carbonyl (C=O) groups excluding carboxylic acids is 1. The van der Waals surface area contributed by atoms with Crippen molar-refractivity contribution < 1.29 is 4.79 Å². The standard InChI is InChI=1S/C13H24N2O/c1-6-11(2)12(16)14-7-9-15(10-8-14)13(3,4)5/h6H,7-10H2,1-5H3/b11-6+. The molecule has 1 amide bonds. The molecule has 0 bridgehead atoms. The molecule has 1 aliphatic heterocycles. The summed E-state index contributed by atoms with van der Waals surface area (Å²) in [5, 5.41) is 0. The van der Waals surface area contributed by atoms with Crippen LogP contribution in [0.1, 0.15) is 34.6 Å². The smallest absolute Gasteiger partial charge is 0.249 e. The van der Waals surface area contributed by atoms with Gasteiger partial charge < -0.3 is 4.90 Å². The molecular weight excluding hydrogens is 200 g/mol. The molecule has 3 heteroatoms. The van der Waals surface area contributed by atoms with Crippen molar-refractivity contribution in [3.8, 4) is 0 Å². The first-order chi connectivity index (χ1) is 7.36. The van der Waals surface area contributed by atoms with Crippen LogP contribution in [0.3, 0.4) is 0 Å². The topological polar surface area (TPSA) is 23.6 Å². The summed E-state index contributed by atoms with van der Waals surface area (Å²) in [6.45, 7) is 14.1. The number of hydrogen-bond acceptors (Lipinski definition) is 2. The van der Waals surface area contributed by atoms with Gasteiger partial charge in [0.1, 0.15) is 0 Å². The Hall–Kier alpha value is -0.830. The summed E-state index contributed by atoms with van der Waals surface area (Å²) < 4.78 is 0. The van der Waals surface area contributed by atoms with Gasteiger partial charge in [-0.2, -0.15) is 0 Å². The third kappa shape index (κ3) is 3.08. The molecular formula is C13H24N2O. The van der Waals surface area contributed by atoms with Gasteiger partial charge >= 0.3 is 0 Å². The average molecular weight is 224 g/mol. The largest absolute Gasteiger partial charge is 0.336 e. The van der Waals surface area contributed by atoms with E-state index in [-0.39, 0.29) is 11.4 Å². The Morgan fingerprint density at radius 2 is 1.62 bits per heavy atom. The fourth-order valence-electron chi connectivity index (χ4n) is 1.95. The molecule has 0 spiro atoms. The van der Waals surface area contributed by atoms with Crippen molar-refractivity contribution in [2.24, 2.45) is 0 Å². The summed E-state index contributed by atoms with van der Waals surface area (Å²) in [6.07, 6.45) is 1.89. The molecule has 0 radical (unpaired) electrons. The zero-order chi connectivity index (χ0) is 12.3. The Labute approximate surface area is 99.1 Å². The molecule has 0 unspecified atom stereocenters. The maximum Gasteiger partial charge on any atom is 0.249 e. The first-order valence-corrected chi connectivity index (χ1v) is 6.03. The van der Waals surface area contributed by atoms with Crippen LogP contribution in [0.25, 0.3) is 0 Å². The summed E-state index contributed by atoms with van der Waals surface area (Å²) in [4.78, 5) is 16.3. The molecule has 16 heavy (non-hydrogen) atoms. The van der Waals surface area contributed by atoms with Crippen LogP contribution in [0.5, 0.6) is 0 Å². The van der Waals surface area contributed by atoms with Crippen LogP contribution in [-0.2, 0) is 4.79 Å². The van der Waals surface area contributed by atoms with Crippen molar-refractivity contribution in [3.05, 3.63) is 11.6 Å². The van der Waals surface area contributed by atoms with E-state index >= 15 is 0 Å². The average Bonchev–Trinajstić information content (AvgIpc) is 2.26. The van der Waals surface area contributed by atoms with Crippen molar-refractivity contribution in [2.45, 2.75) is 40.2 Å². The number of nitrogens with zero attached hydrogens (tertiary/aromatic N) is 2. The lowest BCUT2D eigenvalue weighted by Crippen LogP contribution is -2.54. The SMILES string of the molecule is C/C=C(\C)C(=O)N1CCN(C(C)(C)C)CC1. The van der Waals surface area contributed by atoms with Gasteiger partial charge in [0.15, 0.2) is 0 Å². The molecule has 0 aliphatic carbocycles. The molecule has 0 atom stereocenters. The fourth-order valence-corrected chi connectivity index (χ4v) is 1.95. The molecule has 0 saturated carbocycles. The first kappa shape index (κ1) is 13.2. The Kier molecular flexibility index (Phi) is 4.14. The van der Waals surface area contributed by atoms with Crippen LogP contribution in [0, 0.1) is 0 Å². The summed E-state index contributed by atoms with van der Waals surface area (Å²) in [5.41, 5.74) is 1.06. The summed E-state index contributed by atoms with van der Waals surface area (Å²) in [5.74, 6) is 0.191. The molecule has 3 nitrogen and oxygen atoms in total. The summed E-state index contributed by atoms with van der Waals surface area (Å²) in [7, 11) is 0. The highest BCUT2D eigenvalue weighted by atomic mass is 16.2. The van der Waals surface area contributed by atoms with Gasteiger partial charge in [-0.15, -0.1) is 0 Å². The number of piperazine rings is 1. The van der Waals surface area contributed by atoms with Crippen molar-refractivity contribution in [1.82, 2.24) is 9.80 Å². The van der Waals surface area contributed by atoms with E-state index in [1.165, 1.54) is 0 Å². The van der Waals surface area contributed by atoms with Crippen molar-refractivity contribution >= 4 is 5.91 Å². The van der Waals surface area contributed by atoms with E-state index in [0.717, 1.165) is 31.8 Å². The summed E-state index contributed by atoms with van der Waals surface area (Å²) in [6, 6.07) is 0. The lowest BCUT2D eigenvalue weighted by Gasteiger charge is -2.42. The minimum absolute atomic E-state index is 0.191. The van der Waals surface area contributed by atoms with Crippen molar-refractivity contribution in [2.75, 3.05) is 26.2 Å². The van der Waals surface area contributed by atoms with Crippen molar-refractivity contribution in [3.63, 3.8) is 0 Å². The van der Waals surface area contributed by atoms with E-state index in [2.05, 4.69) is 25.7 Å².